The van der Waals surface area contributed by atoms with E-state index in [1.165, 1.54) is 17.6 Å². The van der Waals surface area contributed by atoms with Crippen molar-refractivity contribution in [1.29, 1.82) is 0 Å². The second kappa shape index (κ2) is 6.05. The standard InChI is InChI=1S/C13H15N3O3S3/c1-22(18,19)13-11(14-15-21-13)9-4-2-6-16(8-9)12(17)10-5-3-7-20-10/h3,5,7,9H,2,4,6,8H2,1H3/t9-/m0/s1. The molecule has 0 radical (unpaired) electrons. The van der Waals surface area contributed by atoms with Crippen LogP contribution in [0.15, 0.2) is 21.7 Å². The highest BCUT2D eigenvalue weighted by Gasteiger charge is 2.31. The van der Waals surface area contributed by atoms with Crippen LogP contribution in [0, 0.1) is 0 Å². The molecule has 9 heteroatoms. The van der Waals surface area contributed by atoms with Gasteiger partial charge in [-0.15, -0.1) is 16.4 Å². The number of hydrogen-bond donors (Lipinski definition) is 0. The van der Waals surface area contributed by atoms with Gasteiger partial charge in [-0.1, -0.05) is 10.6 Å². The third-order valence-electron chi connectivity index (χ3n) is 3.65. The van der Waals surface area contributed by atoms with E-state index in [2.05, 4.69) is 9.59 Å². The summed E-state index contributed by atoms with van der Waals surface area (Å²) in [6.45, 7) is 1.18. The third kappa shape index (κ3) is 3.06. The van der Waals surface area contributed by atoms with Crippen molar-refractivity contribution >= 4 is 38.6 Å². The molecule has 0 aliphatic carbocycles. The first-order valence-electron chi connectivity index (χ1n) is 6.82. The number of amides is 1. The summed E-state index contributed by atoms with van der Waals surface area (Å²) in [5.41, 5.74) is 0.510. The molecule has 0 N–H and O–H groups in total. The predicted molar refractivity (Wildman–Crippen MR) is 85.2 cm³/mol. The maximum atomic E-state index is 12.4. The molecule has 1 fully saturated rings. The van der Waals surface area contributed by atoms with Gasteiger partial charge in [0, 0.05) is 36.8 Å². The van der Waals surface area contributed by atoms with Crippen LogP contribution in [-0.4, -0.2) is 48.2 Å². The van der Waals surface area contributed by atoms with E-state index in [0.29, 0.717) is 23.7 Å². The Morgan fingerprint density at radius 3 is 2.95 bits per heavy atom. The normalized spacial score (nSPS) is 19.3. The number of likely N-dealkylation sites (tertiary alicyclic amines) is 1. The Morgan fingerprint density at radius 2 is 2.27 bits per heavy atom. The van der Waals surface area contributed by atoms with Crippen molar-refractivity contribution in [3.05, 3.63) is 28.1 Å². The van der Waals surface area contributed by atoms with Gasteiger partial charge < -0.3 is 4.90 Å². The lowest BCUT2D eigenvalue weighted by Gasteiger charge is -2.31. The van der Waals surface area contributed by atoms with Gasteiger partial charge in [0.2, 0.25) is 0 Å². The second-order valence-corrected chi connectivity index (χ2v) is 9.20. The summed E-state index contributed by atoms with van der Waals surface area (Å²) in [5, 5.41) is 5.89. The maximum Gasteiger partial charge on any atom is 0.263 e. The summed E-state index contributed by atoms with van der Waals surface area (Å²) in [6, 6.07) is 3.66. The van der Waals surface area contributed by atoms with Crippen molar-refractivity contribution in [3.8, 4) is 0 Å². The number of piperidine rings is 1. The largest absolute Gasteiger partial charge is 0.337 e. The number of hydrogen-bond acceptors (Lipinski definition) is 7. The molecule has 6 nitrogen and oxygen atoms in total. The summed E-state index contributed by atoms with van der Waals surface area (Å²) in [6.07, 6.45) is 2.83. The van der Waals surface area contributed by atoms with Gasteiger partial charge in [0.05, 0.1) is 10.6 Å². The van der Waals surface area contributed by atoms with Crippen LogP contribution in [0.2, 0.25) is 0 Å². The van der Waals surface area contributed by atoms with E-state index >= 15 is 0 Å². The van der Waals surface area contributed by atoms with Crippen LogP contribution in [0.5, 0.6) is 0 Å². The molecule has 1 atom stereocenters. The quantitative estimate of drug-likeness (QED) is 0.839. The monoisotopic (exact) mass is 357 g/mol. The predicted octanol–water partition coefficient (Wildman–Crippen LogP) is 2.02. The van der Waals surface area contributed by atoms with Crippen LogP contribution in [-0.2, 0) is 9.84 Å². The first-order chi connectivity index (χ1) is 10.5. The van der Waals surface area contributed by atoms with Crippen LogP contribution in [0.1, 0.15) is 34.1 Å². The number of aromatic nitrogens is 2. The minimum atomic E-state index is -3.33. The Bertz CT molecular complexity index is 768. The molecule has 1 aliphatic rings. The molecule has 3 rings (SSSR count). The van der Waals surface area contributed by atoms with E-state index in [4.69, 9.17) is 0 Å². The first-order valence-corrected chi connectivity index (χ1v) is 10.4. The zero-order valence-corrected chi connectivity index (χ0v) is 14.4. The fourth-order valence-electron chi connectivity index (χ4n) is 2.64. The van der Waals surface area contributed by atoms with Crippen molar-refractivity contribution in [1.82, 2.24) is 14.5 Å². The highest BCUT2D eigenvalue weighted by Crippen LogP contribution is 2.32. The summed E-state index contributed by atoms with van der Waals surface area (Å²) < 4.78 is 27.6. The van der Waals surface area contributed by atoms with Gasteiger partial charge in [-0.25, -0.2) is 8.42 Å². The maximum absolute atomic E-state index is 12.4. The molecule has 2 aromatic rings. The second-order valence-electron chi connectivity index (χ2n) is 5.29. The number of sulfone groups is 1. The van der Waals surface area contributed by atoms with Crippen LogP contribution in [0.4, 0.5) is 0 Å². The van der Waals surface area contributed by atoms with E-state index in [1.807, 2.05) is 17.5 Å². The van der Waals surface area contributed by atoms with Gasteiger partial charge >= 0.3 is 0 Å². The molecular weight excluding hydrogens is 342 g/mol. The van der Waals surface area contributed by atoms with E-state index in [-0.39, 0.29) is 16.0 Å². The van der Waals surface area contributed by atoms with Crippen molar-refractivity contribution in [3.63, 3.8) is 0 Å². The highest BCUT2D eigenvalue weighted by molar-refractivity contribution is 7.92. The number of carbonyl (C=O) groups excluding carboxylic acids is 1. The Kier molecular flexibility index (Phi) is 4.28. The van der Waals surface area contributed by atoms with Gasteiger partial charge in [0.15, 0.2) is 14.0 Å². The molecule has 118 valence electrons. The Labute approximate surface area is 136 Å². The molecule has 0 spiro atoms. The molecule has 0 unspecified atom stereocenters. The average molecular weight is 357 g/mol. The first kappa shape index (κ1) is 15.6. The fraction of sp³-hybridized carbons (Fsp3) is 0.462. The lowest BCUT2D eigenvalue weighted by Crippen LogP contribution is -2.39. The highest BCUT2D eigenvalue weighted by atomic mass is 32.2. The number of thiophene rings is 1. The zero-order chi connectivity index (χ0) is 15.7. The minimum absolute atomic E-state index is 0.00351. The number of nitrogens with zero attached hydrogens (tertiary/aromatic N) is 3. The van der Waals surface area contributed by atoms with E-state index in [0.717, 1.165) is 24.4 Å². The van der Waals surface area contributed by atoms with Crippen LogP contribution < -0.4 is 0 Å². The van der Waals surface area contributed by atoms with Crippen molar-refractivity contribution in [2.45, 2.75) is 23.0 Å². The molecule has 0 saturated carbocycles. The van der Waals surface area contributed by atoms with Gasteiger partial charge in [0.1, 0.15) is 0 Å². The fourth-order valence-corrected chi connectivity index (χ4v) is 5.06. The molecule has 22 heavy (non-hydrogen) atoms. The van der Waals surface area contributed by atoms with E-state index in [9.17, 15) is 13.2 Å². The van der Waals surface area contributed by atoms with Gasteiger partial charge in [-0.3, -0.25) is 4.79 Å². The molecular formula is C13H15N3O3S3. The number of rotatable bonds is 3. The van der Waals surface area contributed by atoms with Crippen molar-refractivity contribution < 1.29 is 13.2 Å². The molecule has 1 aliphatic heterocycles. The van der Waals surface area contributed by atoms with Crippen LogP contribution in [0.25, 0.3) is 0 Å². The SMILES string of the molecule is CS(=O)(=O)c1snnc1[C@H]1CCCN(C(=O)c2cccs2)C1. The van der Waals surface area contributed by atoms with Gasteiger partial charge in [-0.2, -0.15) is 0 Å². The smallest absolute Gasteiger partial charge is 0.263 e. The molecule has 0 aromatic carbocycles. The average Bonchev–Trinajstić information content (AvgIpc) is 3.17. The van der Waals surface area contributed by atoms with E-state index in [1.54, 1.807) is 4.90 Å². The van der Waals surface area contributed by atoms with Gasteiger partial charge in [-0.05, 0) is 24.3 Å². The summed E-state index contributed by atoms with van der Waals surface area (Å²) in [7, 11) is -3.33. The van der Waals surface area contributed by atoms with Crippen molar-refractivity contribution in [2.75, 3.05) is 19.3 Å². The number of carbonyl (C=O) groups is 1. The lowest BCUT2D eigenvalue weighted by molar-refractivity contribution is 0.0710. The third-order valence-corrected chi connectivity index (χ3v) is 7.06. The summed E-state index contributed by atoms with van der Waals surface area (Å²) in [5.74, 6) is -0.0649. The van der Waals surface area contributed by atoms with Crippen LogP contribution in [0.3, 0.4) is 0 Å². The lowest BCUT2D eigenvalue weighted by atomic mass is 9.95. The minimum Gasteiger partial charge on any atom is -0.337 e. The topological polar surface area (TPSA) is 80.2 Å². The Balaban J connectivity index is 1.82. The molecule has 2 aromatic heterocycles. The summed E-state index contributed by atoms with van der Waals surface area (Å²) >= 11 is 2.32. The Morgan fingerprint density at radius 1 is 1.45 bits per heavy atom. The molecule has 1 amide bonds. The zero-order valence-electron chi connectivity index (χ0n) is 11.9. The van der Waals surface area contributed by atoms with Crippen LogP contribution >= 0.6 is 22.9 Å². The molecule has 0 bridgehead atoms. The van der Waals surface area contributed by atoms with Gasteiger partial charge in [0.25, 0.3) is 5.91 Å². The van der Waals surface area contributed by atoms with Crippen molar-refractivity contribution in [2.24, 2.45) is 0 Å². The molecule has 3 heterocycles. The molecule has 1 saturated heterocycles. The Hall–Kier alpha value is -1.32. The van der Waals surface area contributed by atoms with E-state index < -0.39 is 9.84 Å². The summed E-state index contributed by atoms with van der Waals surface area (Å²) in [4.78, 5) is 14.9.